The Labute approximate surface area is 80.9 Å². The van der Waals surface area contributed by atoms with Crippen molar-refractivity contribution in [1.82, 2.24) is 4.90 Å². The smallest absolute Gasteiger partial charge is 0.0570 e. The lowest BCUT2D eigenvalue weighted by atomic mass is 9.82. The Hall–Kier alpha value is -0.0800. The van der Waals surface area contributed by atoms with Crippen molar-refractivity contribution in [3.8, 4) is 0 Å². The third kappa shape index (κ3) is 1.75. The van der Waals surface area contributed by atoms with Crippen LogP contribution in [0.15, 0.2) is 0 Å². The summed E-state index contributed by atoms with van der Waals surface area (Å²) in [6.07, 6.45) is 5.96. The number of fused-ring (bicyclic) bond motifs is 2. The molecule has 0 amide bonds. The van der Waals surface area contributed by atoms with Gasteiger partial charge in [-0.05, 0) is 39.5 Å². The van der Waals surface area contributed by atoms with Gasteiger partial charge in [0.2, 0.25) is 0 Å². The standard InChI is InChI=1S/C11H21NO/c1-8(2)12-9-4-3-5-10(12)7-11(13)6-9/h8-11,13H,3-7H2,1-2H3/t9-,10?,11-/m1/s1. The van der Waals surface area contributed by atoms with Crippen molar-refractivity contribution in [2.75, 3.05) is 0 Å². The molecule has 2 aliphatic rings. The summed E-state index contributed by atoms with van der Waals surface area (Å²) >= 11 is 0. The van der Waals surface area contributed by atoms with Gasteiger partial charge >= 0.3 is 0 Å². The van der Waals surface area contributed by atoms with Crippen LogP contribution >= 0.6 is 0 Å². The average Bonchev–Trinajstić information content (AvgIpc) is 2.01. The van der Waals surface area contributed by atoms with Crippen molar-refractivity contribution >= 4 is 0 Å². The summed E-state index contributed by atoms with van der Waals surface area (Å²) in [6, 6.07) is 1.99. The molecule has 2 heterocycles. The molecule has 2 aliphatic heterocycles. The van der Waals surface area contributed by atoms with Gasteiger partial charge in [-0.2, -0.15) is 0 Å². The fourth-order valence-electron chi connectivity index (χ4n) is 3.23. The molecule has 1 unspecified atom stereocenters. The van der Waals surface area contributed by atoms with E-state index in [1.54, 1.807) is 0 Å². The maximum atomic E-state index is 9.69. The van der Waals surface area contributed by atoms with E-state index in [1.165, 1.54) is 19.3 Å². The molecule has 0 spiro atoms. The van der Waals surface area contributed by atoms with Gasteiger partial charge in [0, 0.05) is 18.1 Å². The second-order valence-corrected chi connectivity index (χ2v) is 4.90. The molecule has 0 aromatic rings. The topological polar surface area (TPSA) is 23.5 Å². The molecule has 2 saturated heterocycles. The van der Waals surface area contributed by atoms with Crippen LogP contribution in [0.25, 0.3) is 0 Å². The molecule has 1 N–H and O–H groups in total. The first-order valence-corrected chi connectivity index (χ1v) is 5.64. The van der Waals surface area contributed by atoms with Gasteiger partial charge in [0.25, 0.3) is 0 Å². The number of piperidine rings is 2. The van der Waals surface area contributed by atoms with Crippen molar-refractivity contribution in [3.63, 3.8) is 0 Å². The first-order valence-electron chi connectivity index (χ1n) is 5.64. The van der Waals surface area contributed by atoms with Crippen LogP contribution in [0, 0.1) is 0 Å². The lowest BCUT2D eigenvalue weighted by molar-refractivity contribution is -0.0429. The monoisotopic (exact) mass is 183 g/mol. The molecule has 2 heteroatoms. The molecule has 0 radical (unpaired) electrons. The quantitative estimate of drug-likeness (QED) is 0.669. The lowest BCUT2D eigenvalue weighted by Crippen LogP contribution is -2.56. The molecule has 0 aromatic carbocycles. The largest absolute Gasteiger partial charge is 0.393 e. The minimum Gasteiger partial charge on any atom is -0.393 e. The Bertz CT molecular complexity index is 167. The minimum atomic E-state index is -0.0229. The Kier molecular flexibility index (Phi) is 2.61. The lowest BCUT2D eigenvalue weighted by Gasteiger charge is -2.50. The Balaban J connectivity index is 2.10. The zero-order valence-electron chi connectivity index (χ0n) is 8.74. The molecule has 3 atom stereocenters. The van der Waals surface area contributed by atoms with E-state index in [9.17, 15) is 5.11 Å². The first-order chi connectivity index (χ1) is 6.18. The number of nitrogens with zero attached hydrogens (tertiary/aromatic N) is 1. The van der Waals surface area contributed by atoms with Crippen LogP contribution in [0.1, 0.15) is 46.0 Å². The molecular weight excluding hydrogens is 162 g/mol. The SMILES string of the molecule is CC(C)N1C2CCC[C@@H]1C[C@@H](O)C2. The normalized spacial score (nSPS) is 41.1. The maximum Gasteiger partial charge on any atom is 0.0570 e. The van der Waals surface area contributed by atoms with Crippen LogP contribution in [0.5, 0.6) is 0 Å². The summed E-state index contributed by atoms with van der Waals surface area (Å²) in [5.41, 5.74) is 0. The van der Waals surface area contributed by atoms with Crippen molar-refractivity contribution < 1.29 is 5.11 Å². The van der Waals surface area contributed by atoms with Crippen LogP contribution < -0.4 is 0 Å². The van der Waals surface area contributed by atoms with Crippen molar-refractivity contribution in [2.45, 2.75) is 70.2 Å². The van der Waals surface area contributed by atoms with Gasteiger partial charge in [0.15, 0.2) is 0 Å². The molecule has 13 heavy (non-hydrogen) atoms. The van der Waals surface area contributed by atoms with Crippen molar-refractivity contribution in [2.24, 2.45) is 0 Å². The van der Waals surface area contributed by atoms with Crippen LogP contribution in [0.2, 0.25) is 0 Å². The molecule has 0 aromatic heterocycles. The van der Waals surface area contributed by atoms with Crippen LogP contribution in [-0.2, 0) is 0 Å². The molecule has 2 fully saturated rings. The third-order valence-electron chi connectivity index (χ3n) is 3.60. The summed E-state index contributed by atoms with van der Waals surface area (Å²) in [4.78, 5) is 2.64. The Morgan fingerprint density at radius 3 is 2.15 bits per heavy atom. The van der Waals surface area contributed by atoms with Gasteiger partial charge in [-0.3, -0.25) is 4.90 Å². The van der Waals surface area contributed by atoms with Crippen LogP contribution in [0.3, 0.4) is 0 Å². The highest BCUT2D eigenvalue weighted by Gasteiger charge is 2.38. The molecular formula is C11H21NO. The predicted molar refractivity (Wildman–Crippen MR) is 53.6 cm³/mol. The summed E-state index contributed by atoms with van der Waals surface area (Å²) in [5.74, 6) is 0. The van der Waals surface area contributed by atoms with E-state index in [0.717, 1.165) is 12.8 Å². The zero-order chi connectivity index (χ0) is 9.42. The van der Waals surface area contributed by atoms with Gasteiger partial charge in [0.1, 0.15) is 0 Å². The zero-order valence-corrected chi connectivity index (χ0v) is 8.74. The molecule has 2 nitrogen and oxygen atoms in total. The molecule has 76 valence electrons. The second-order valence-electron chi connectivity index (χ2n) is 4.90. The van der Waals surface area contributed by atoms with E-state index in [4.69, 9.17) is 0 Å². The number of hydrogen-bond acceptors (Lipinski definition) is 2. The average molecular weight is 183 g/mol. The van der Waals surface area contributed by atoms with E-state index < -0.39 is 0 Å². The Morgan fingerprint density at radius 2 is 1.69 bits per heavy atom. The van der Waals surface area contributed by atoms with Crippen molar-refractivity contribution in [3.05, 3.63) is 0 Å². The van der Waals surface area contributed by atoms with Gasteiger partial charge < -0.3 is 5.11 Å². The van der Waals surface area contributed by atoms with Gasteiger partial charge in [-0.1, -0.05) is 6.42 Å². The first kappa shape index (κ1) is 9.47. The molecule has 0 aliphatic carbocycles. The summed E-state index contributed by atoms with van der Waals surface area (Å²) in [5, 5.41) is 9.69. The van der Waals surface area contributed by atoms with Gasteiger partial charge in [-0.15, -0.1) is 0 Å². The fourth-order valence-corrected chi connectivity index (χ4v) is 3.23. The highest BCUT2D eigenvalue weighted by Crippen LogP contribution is 2.35. The maximum absolute atomic E-state index is 9.69. The highest BCUT2D eigenvalue weighted by molar-refractivity contribution is 4.93. The summed E-state index contributed by atoms with van der Waals surface area (Å²) in [6.45, 7) is 4.56. The van der Waals surface area contributed by atoms with E-state index in [2.05, 4.69) is 18.7 Å². The predicted octanol–water partition coefficient (Wildman–Crippen LogP) is 1.77. The van der Waals surface area contributed by atoms with Crippen LogP contribution in [0.4, 0.5) is 0 Å². The fraction of sp³-hybridized carbons (Fsp3) is 1.00. The van der Waals surface area contributed by atoms with E-state index >= 15 is 0 Å². The number of rotatable bonds is 1. The van der Waals surface area contributed by atoms with Crippen molar-refractivity contribution in [1.29, 1.82) is 0 Å². The Morgan fingerprint density at radius 1 is 1.15 bits per heavy atom. The highest BCUT2D eigenvalue weighted by atomic mass is 16.3. The third-order valence-corrected chi connectivity index (χ3v) is 3.60. The second kappa shape index (κ2) is 3.58. The van der Waals surface area contributed by atoms with Crippen LogP contribution in [-0.4, -0.2) is 34.2 Å². The summed E-state index contributed by atoms with van der Waals surface area (Å²) < 4.78 is 0. The van der Waals surface area contributed by atoms with E-state index in [0.29, 0.717) is 18.1 Å². The number of aliphatic hydroxyl groups is 1. The molecule has 2 bridgehead atoms. The van der Waals surface area contributed by atoms with Gasteiger partial charge in [0.05, 0.1) is 6.10 Å². The summed E-state index contributed by atoms with van der Waals surface area (Å²) in [7, 11) is 0. The number of aliphatic hydroxyl groups excluding tert-OH is 1. The molecule has 2 rings (SSSR count). The van der Waals surface area contributed by atoms with E-state index in [-0.39, 0.29) is 6.10 Å². The van der Waals surface area contributed by atoms with E-state index in [1.807, 2.05) is 0 Å². The van der Waals surface area contributed by atoms with Gasteiger partial charge in [-0.25, -0.2) is 0 Å². The molecule has 0 saturated carbocycles. The number of hydrogen-bond donors (Lipinski definition) is 1. The minimum absolute atomic E-state index is 0.0229.